The molecule has 0 atom stereocenters. The van der Waals surface area contributed by atoms with Crippen LogP contribution in [0.2, 0.25) is 0 Å². The van der Waals surface area contributed by atoms with Gasteiger partial charge in [-0.3, -0.25) is 9.82 Å². The van der Waals surface area contributed by atoms with Crippen LogP contribution in [0, 0.1) is 0 Å². The summed E-state index contributed by atoms with van der Waals surface area (Å²) in [6.45, 7) is 2.47. The first-order chi connectivity index (χ1) is 8.36. The van der Waals surface area contributed by atoms with Gasteiger partial charge in [-0.05, 0) is 22.9 Å². The lowest BCUT2D eigenvalue weighted by molar-refractivity contribution is -0.758. The summed E-state index contributed by atoms with van der Waals surface area (Å²) in [5.41, 5.74) is 2.93. The molecule has 1 N–H and O–H groups in total. The topological polar surface area (TPSA) is 36.1 Å². The van der Waals surface area contributed by atoms with E-state index in [4.69, 9.17) is 4.84 Å². The Bertz CT molecular complexity index is 486. The van der Waals surface area contributed by atoms with Gasteiger partial charge >= 0.3 is 0 Å². The van der Waals surface area contributed by atoms with Gasteiger partial charge in [-0.25, -0.2) is 0 Å². The van der Waals surface area contributed by atoms with E-state index in [-0.39, 0.29) is 12.4 Å². The van der Waals surface area contributed by atoms with Gasteiger partial charge in [0, 0.05) is 13.1 Å². The van der Waals surface area contributed by atoms with Crippen LogP contribution in [0.15, 0.2) is 54.7 Å². The molecular weight excluding hydrogens is 248 g/mol. The Balaban J connectivity index is 0.00000162. The van der Waals surface area contributed by atoms with Crippen LogP contribution < -0.4 is 17.6 Å². The molecule has 94 valence electrons. The predicted molar refractivity (Wildman–Crippen MR) is 66.2 cm³/mol. The highest BCUT2D eigenvalue weighted by atomic mass is 35.5. The predicted octanol–water partition coefficient (Wildman–Crippen LogP) is -1.89. The zero-order chi connectivity index (χ0) is 11.9. The maximum atomic E-state index is 5.41. The molecule has 0 saturated heterocycles. The molecule has 0 aliphatic rings. The van der Waals surface area contributed by atoms with Crippen molar-refractivity contribution < 1.29 is 22.4 Å². The van der Waals surface area contributed by atoms with Crippen LogP contribution in [0.3, 0.4) is 0 Å². The van der Waals surface area contributed by atoms with E-state index < -0.39 is 0 Å². The van der Waals surface area contributed by atoms with Crippen molar-refractivity contribution in [2.45, 2.75) is 13.5 Å². The van der Waals surface area contributed by atoms with Gasteiger partial charge < -0.3 is 12.4 Å². The Hall–Kier alpha value is -1.87. The van der Waals surface area contributed by atoms with Gasteiger partial charge in [0.25, 0.3) is 0 Å². The van der Waals surface area contributed by atoms with Crippen molar-refractivity contribution in [3.63, 3.8) is 0 Å². The number of pyridine rings is 1. The largest absolute Gasteiger partial charge is 1.00 e. The summed E-state index contributed by atoms with van der Waals surface area (Å²) in [5.74, 6) is 0. The number of hydrogen-bond acceptors (Lipinski definition) is 2. The van der Waals surface area contributed by atoms with Gasteiger partial charge in [-0.2, -0.15) is 0 Å². The third kappa shape index (κ3) is 4.18. The van der Waals surface area contributed by atoms with E-state index >= 15 is 0 Å². The van der Waals surface area contributed by atoms with Crippen LogP contribution in [0.5, 0.6) is 0 Å². The Labute approximate surface area is 113 Å². The molecule has 0 aliphatic heterocycles. The van der Waals surface area contributed by atoms with Crippen LogP contribution in [-0.4, -0.2) is 10.7 Å². The quantitative estimate of drug-likeness (QED) is 0.517. The monoisotopic (exact) mass is 262 g/mol. The molecule has 0 radical (unpaired) electrons. The first kappa shape index (κ1) is 14.2. The summed E-state index contributed by atoms with van der Waals surface area (Å²) in [6.07, 6.45) is 1.76. The number of halogens is 1. The van der Waals surface area contributed by atoms with Gasteiger partial charge in [-0.1, -0.05) is 36.4 Å². The summed E-state index contributed by atoms with van der Waals surface area (Å²) in [7, 11) is 0. The SMILES string of the molecule is CC(=[NH+]OCc1ccccc1)c1ccccn1.[Cl-]. The van der Waals surface area contributed by atoms with Crippen molar-refractivity contribution in [2.24, 2.45) is 0 Å². The van der Waals surface area contributed by atoms with Crippen LogP contribution in [0.4, 0.5) is 0 Å². The number of rotatable bonds is 4. The minimum Gasteiger partial charge on any atom is -1.00 e. The van der Waals surface area contributed by atoms with E-state index in [9.17, 15) is 0 Å². The third-order valence-electron chi connectivity index (χ3n) is 2.36. The molecule has 0 spiro atoms. The Kier molecular flexibility index (Phi) is 5.88. The number of hydrogen-bond donors (Lipinski definition) is 1. The van der Waals surface area contributed by atoms with Crippen LogP contribution in [0.25, 0.3) is 0 Å². The van der Waals surface area contributed by atoms with Crippen LogP contribution >= 0.6 is 0 Å². The van der Waals surface area contributed by atoms with E-state index in [0.717, 1.165) is 17.0 Å². The van der Waals surface area contributed by atoms with Gasteiger partial charge in [0.2, 0.25) is 5.71 Å². The first-order valence-electron chi connectivity index (χ1n) is 5.53. The molecule has 0 saturated carbocycles. The molecular formula is C14H15ClN2O. The fourth-order valence-corrected chi connectivity index (χ4v) is 1.44. The smallest absolute Gasteiger partial charge is 0.247 e. The maximum absolute atomic E-state index is 5.41. The fraction of sp³-hybridized carbons (Fsp3) is 0.143. The molecule has 0 aliphatic carbocycles. The summed E-state index contributed by atoms with van der Waals surface area (Å²) < 4.78 is 0. The van der Waals surface area contributed by atoms with Gasteiger partial charge in [0.05, 0.1) is 0 Å². The Morgan fingerprint density at radius 1 is 1.11 bits per heavy atom. The summed E-state index contributed by atoms with van der Waals surface area (Å²) >= 11 is 0. The zero-order valence-corrected chi connectivity index (χ0v) is 10.9. The molecule has 18 heavy (non-hydrogen) atoms. The summed E-state index contributed by atoms with van der Waals surface area (Å²) in [4.78, 5) is 9.63. The number of aromatic nitrogens is 1. The number of benzene rings is 1. The van der Waals surface area contributed by atoms with E-state index in [0.29, 0.717) is 6.61 Å². The van der Waals surface area contributed by atoms with Crippen molar-refractivity contribution in [3.8, 4) is 0 Å². The first-order valence-corrected chi connectivity index (χ1v) is 5.53. The second-order valence-corrected chi connectivity index (χ2v) is 3.72. The highest BCUT2D eigenvalue weighted by molar-refractivity contribution is 5.91. The normalized spacial score (nSPS) is 10.6. The second kappa shape index (κ2) is 7.45. The van der Waals surface area contributed by atoms with Gasteiger partial charge in [0.1, 0.15) is 5.69 Å². The fourth-order valence-electron chi connectivity index (χ4n) is 1.44. The molecule has 0 unspecified atom stereocenters. The molecule has 3 nitrogen and oxygen atoms in total. The van der Waals surface area contributed by atoms with Crippen molar-refractivity contribution in [1.29, 1.82) is 0 Å². The molecule has 1 heterocycles. The summed E-state index contributed by atoms with van der Waals surface area (Å²) in [6, 6.07) is 15.8. The van der Waals surface area contributed by atoms with Crippen LogP contribution in [-0.2, 0) is 11.4 Å². The molecule has 1 aromatic carbocycles. The van der Waals surface area contributed by atoms with Crippen molar-refractivity contribution >= 4 is 5.71 Å². The van der Waals surface area contributed by atoms with E-state index in [1.165, 1.54) is 0 Å². The molecule has 0 amide bonds. The molecule has 4 heteroatoms. The van der Waals surface area contributed by atoms with Crippen molar-refractivity contribution in [2.75, 3.05) is 0 Å². The minimum atomic E-state index is 0. The molecule has 2 aromatic rings. The lowest BCUT2D eigenvalue weighted by atomic mass is 10.2. The standard InChI is InChI=1S/C14H14N2O.ClH/c1-12(14-9-5-6-10-15-14)16-17-11-13-7-3-2-4-8-13;/h2-10H,11H2,1H3;1H. The third-order valence-corrected chi connectivity index (χ3v) is 2.36. The highest BCUT2D eigenvalue weighted by Crippen LogP contribution is 1.97. The molecule has 0 bridgehead atoms. The molecule has 2 rings (SSSR count). The average molecular weight is 263 g/mol. The maximum Gasteiger partial charge on any atom is 0.247 e. The second-order valence-electron chi connectivity index (χ2n) is 3.72. The average Bonchev–Trinajstić information content (AvgIpc) is 2.41. The number of nitrogens with one attached hydrogen (secondary N) is 1. The highest BCUT2D eigenvalue weighted by Gasteiger charge is 2.04. The summed E-state index contributed by atoms with van der Waals surface area (Å²) in [5, 5.41) is 2.90. The lowest BCUT2D eigenvalue weighted by Gasteiger charge is -1.96. The van der Waals surface area contributed by atoms with Gasteiger partial charge in [-0.15, -0.1) is 0 Å². The van der Waals surface area contributed by atoms with E-state index in [2.05, 4.69) is 10.1 Å². The van der Waals surface area contributed by atoms with E-state index in [1.54, 1.807) is 6.20 Å². The van der Waals surface area contributed by atoms with Gasteiger partial charge in [0.15, 0.2) is 6.61 Å². The Morgan fingerprint density at radius 3 is 2.50 bits per heavy atom. The molecule has 0 fully saturated rings. The minimum absolute atomic E-state index is 0. The van der Waals surface area contributed by atoms with Crippen molar-refractivity contribution in [1.82, 2.24) is 4.98 Å². The number of nitrogens with zero attached hydrogens (tertiary/aromatic N) is 1. The zero-order valence-electron chi connectivity index (χ0n) is 10.1. The lowest BCUT2D eigenvalue weighted by Crippen LogP contribution is -3.00. The van der Waals surface area contributed by atoms with E-state index in [1.807, 2.05) is 55.5 Å². The van der Waals surface area contributed by atoms with Crippen molar-refractivity contribution in [3.05, 3.63) is 66.0 Å². The molecule has 1 aromatic heterocycles. The van der Waals surface area contributed by atoms with Crippen LogP contribution in [0.1, 0.15) is 18.2 Å². The Morgan fingerprint density at radius 2 is 1.83 bits per heavy atom.